The van der Waals surface area contributed by atoms with Gasteiger partial charge in [0.25, 0.3) is 0 Å². The minimum atomic E-state index is -0.542. The molecule has 1 aromatic carbocycles. The summed E-state index contributed by atoms with van der Waals surface area (Å²) in [4.78, 5) is 4.15. The molecular formula is C13H12F2N2O. The Balaban J connectivity index is 1.80. The average molecular weight is 250 g/mol. The predicted molar refractivity (Wildman–Crippen MR) is 61.7 cm³/mol. The lowest BCUT2D eigenvalue weighted by molar-refractivity contribution is 0.554. The Morgan fingerprint density at radius 1 is 1.33 bits per heavy atom. The van der Waals surface area contributed by atoms with E-state index in [1.54, 1.807) is 0 Å². The fourth-order valence-corrected chi connectivity index (χ4v) is 1.71. The lowest BCUT2D eigenvalue weighted by Crippen LogP contribution is -2.15. The van der Waals surface area contributed by atoms with E-state index in [0.717, 1.165) is 18.2 Å². The van der Waals surface area contributed by atoms with E-state index in [2.05, 4.69) is 10.3 Å². The molecule has 1 saturated carbocycles. The summed E-state index contributed by atoms with van der Waals surface area (Å²) in [5.41, 5.74) is 0.744. The highest BCUT2D eigenvalue weighted by Crippen LogP contribution is 2.24. The Morgan fingerprint density at radius 2 is 2.17 bits per heavy atom. The summed E-state index contributed by atoms with van der Waals surface area (Å²) in [6.45, 7) is 0.588. The van der Waals surface area contributed by atoms with Gasteiger partial charge in [-0.15, -0.1) is 0 Å². The zero-order valence-electron chi connectivity index (χ0n) is 9.62. The summed E-state index contributed by atoms with van der Waals surface area (Å²) in [5.74, 6) is -0.943. The first-order valence-corrected chi connectivity index (χ1v) is 5.85. The Morgan fingerprint density at radius 3 is 2.94 bits per heavy atom. The van der Waals surface area contributed by atoms with Gasteiger partial charge in [-0.3, -0.25) is 0 Å². The van der Waals surface area contributed by atoms with Crippen LogP contribution in [0.2, 0.25) is 0 Å². The van der Waals surface area contributed by atoms with Crippen LogP contribution in [0.25, 0.3) is 11.5 Å². The Bertz CT molecular complexity index is 564. The summed E-state index contributed by atoms with van der Waals surface area (Å²) >= 11 is 0. The fraction of sp³-hybridized carbons (Fsp3) is 0.308. The van der Waals surface area contributed by atoms with Crippen molar-refractivity contribution in [3.63, 3.8) is 0 Å². The maximum atomic E-state index is 13.5. The van der Waals surface area contributed by atoms with Gasteiger partial charge in [0.15, 0.2) is 0 Å². The third-order valence-corrected chi connectivity index (χ3v) is 2.86. The molecule has 0 spiro atoms. The van der Waals surface area contributed by atoms with Crippen molar-refractivity contribution in [2.45, 2.75) is 25.4 Å². The zero-order chi connectivity index (χ0) is 12.5. The van der Waals surface area contributed by atoms with E-state index < -0.39 is 11.6 Å². The molecule has 1 fully saturated rings. The number of nitrogens with one attached hydrogen (secondary N) is 1. The highest BCUT2D eigenvalue weighted by atomic mass is 19.1. The van der Waals surface area contributed by atoms with Crippen LogP contribution in [0.15, 0.2) is 28.9 Å². The number of benzene rings is 1. The topological polar surface area (TPSA) is 38.1 Å². The van der Waals surface area contributed by atoms with Crippen molar-refractivity contribution in [3.8, 4) is 11.5 Å². The highest BCUT2D eigenvalue weighted by Gasteiger charge is 2.21. The molecule has 94 valence electrons. The Hall–Kier alpha value is -1.75. The fourth-order valence-electron chi connectivity index (χ4n) is 1.71. The second-order valence-electron chi connectivity index (χ2n) is 4.42. The van der Waals surface area contributed by atoms with E-state index in [1.165, 1.54) is 19.1 Å². The van der Waals surface area contributed by atoms with Gasteiger partial charge in [-0.2, -0.15) is 0 Å². The monoisotopic (exact) mass is 250 g/mol. The van der Waals surface area contributed by atoms with Crippen molar-refractivity contribution in [3.05, 3.63) is 41.8 Å². The molecule has 1 N–H and O–H groups in total. The van der Waals surface area contributed by atoms with Crippen LogP contribution >= 0.6 is 0 Å². The first-order valence-electron chi connectivity index (χ1n) is 5.85. The van der Waals surface area contributed by atoms with Crippen molar-refractivity contribution < 1.29 is 13.2 Å². The molecule has 0 radical (unpaired) electrons. The van der Waals surface area contributed by atoms with Crippen molar-refractivity contribution in [1.82, 2.24) is 10.3 Å². The molecule has 1 aliphatic carbocycles. The summed E-state index contributed by atoms with van der Waals surface area (Å²) in [6.07, 6.45) is 3.83. The number of aromatic nitrogens is 1. The third kappa shape index (κ3) is 2.41. The molecule has 3 rings (SSSR count). The van der Waals surface area contributed by atoms with Crippen LogP contribution in [-0.4, -0.2) is 11.0 Å². The summed E-state index contributed by atoms with van der Waals surface area (Å²) in [5, 5.41) is 3.27. The van der Waals surface area contributed by atoms with E-state index in [1.807, 2.05) is 0 Å². The first kappa shape index (κ1) is 11.3. The lowest BCUT2D eigenvalue weighted by atomic mass is 10.2. The third-order valence-electron chi connectivity index (χ3n) is 2.86. The minimum absolute atomic E-state index is 0.0488. The Labute approximate surface area is 103 Å². The molecule has 0 unspecified atom stereocenters. The van der Waals surface area contributed by atoms with E-state index in [9.17, 15) is 8.78 Å². The van der Waals surface area contributed by atoms with Gasteiger partial charge in [-0.25, -0.2) is 13.8 Å². The van der Waals surface area contributed by atoms with Gasteiger partial charge in [0.2, 0.25) is 5.89 Å². The number of hydrogen-bond donors (Lipinski definition) is 1. The first-order chi connectivity index (χ1) is 8.72. The molecule has 3 nitrogen and oxygen atoms in total. The van der Waals surface area contributed by atoms with Gasteiger partial charge in [0.05, 0.1) is 11.3 Å². The standard InChI is InChI=1S/C13H12F2N2O/c14-8-1-4-12(15)11(5-8)13-17-10(7-18-13)6-16-9-2-3-9/h1,4-5,7,9,16H,2-3,6H2. The van der Waals surface area contributed by atoms with Crippen LogP contribution in [0.4, 0.5) is 8.78 Å². The molecule has 2 aromatic rings. The molecule has 0 atom stereocenters. The molecule has 18 heavy (non-hydrogen) atoms. The largest absolute Gasteiger partial charge is 0.444 e. The molecular weight excluding hydrogens is 238 g/mol. The lowest BCUT2D eigenvalue weighted by Gasteiger charge is -1.98. The number of halogens is 2. The molecule has 0 aliphatic heterocycles. The summed E-state index contributed by atoms with van der Waals surface area (Å²) < 4.78 is 31.7. The van der Waals surface area contributed by atoms with Crippen molar-refractivity contribution in [2.24, 2.45) is 0 Å². The molecule has 0 saturated heterocycles. The van der Waals surface area contributed by atoms with Gasteiger partial charge >= 0.3 is 0 Å². The van der Waals surface area contributed by atoms with Gasteiger partial charge in [0.1, 0.15) is 17.9 Å². The minimum Gasteiger partial charge on any atom is -0.444 e. The van der Waals surface area contributed by atoms with Gasteiger partial charge < -0.3 is 9.73 Å². The van der Waals surface area contributed by atoms with Crippen LogP contribution in [-0.2, 0) is 6.54 Å². The van der Waals surface area contributed by atoms with E-state index >= 15 is 0 Å². The molecule has 5 heteroatoms. The summed E-state index contributed by atoms with van der Waals surface area (Å²) in [7, 11) is 0. The quantitative estimate of drug-likeness (QED) is 0.906. The van der Waals surface area contributed by atoms with Crippen LogP contribution in [0.1, 0.15) is 18.5 Å². The van der Waals surface area contributed by atoms with Gasteiger partial charge in [-0.05, 0) is 31.0 Å². The van der Waals surface area contributed by atoms with E-state index in [4.69, 9.17) is 4.42 Å². The normalized spacial score (nSPS) is 15.0. The smallest absolute Gasteiger partial charge is 0.229 e. The summed E-state index contributed by atoms with van der Waals surface area (Å²) in [6, 6.07) is 3.78. The number of hydrogen-bond acceptors (Lipinski definition) is 3. The molecule has 0 bridgehead atoms. The maximum absolute atomic E-state index is 13.5. The SMILES string of the molecule is Fc1ccc(F)c(-c2nc(CNC3CC3)co2)c1. The van der Waals surface area contributed by atoms with Crippen LogP contribution in [0, 0.1) is 11.6 Å². The molecule has 1 aromatic heterocycles. The van der Waals surface area contributed by atoms with Crippen molar-refractivity contribution in [1.29, 1.82) is 0 Å². The van der Waals surface area contributed by atoms with E-state index in [0.29, 0.717) is 18.3 Å². The number of rotatable bonds is 4. The second kappa shape index (κ2) is 4.49. The van der Waals surface area contributed by atoms with Crippen LogP contribution in [0.5, 0.6) is 0 Å². The van der Waals surface area contributed by atoms with Gasteiger partial charge in [0, 0.05) is 12.6 Å². The average Bonchev–Trinajstić information content (AvgIpc) is 3.08. The van der Waals surface area contributed by atoms with Crippen molar-refractivity contribution >= 4 is 0 Å². The van der Waals surface area contributed by atoms with Gasteiger partial charge in [-0.1, -0.05) is 0 Å². The second-order valence-corrected chi connectivity index (χ2v) is 4.42. The van der Waals surface area contributed by atoms with Crippen molar-refractivity contribution in [2.75, 3.05) is 0 Å². The predicted octanol–water partition coefficient (Wildman–Crippen LogP) is 2.87. The zero-order valence-corrected chi connectivity index (χ0v) is 9.62. The molecule has 0 amide bonds. The number of nitrogens with zero attached hydrogens (tertiary/aromatic N) is 1. The van der Waals surface area contributed by atoms with Crippen LogP contribution in [0.3, 0.4) is 0 Å². The number of oxazole rings is 1. The Kier molecular flexibility index (Phi) is 2.83. The van der Waals surface area contributed by atoms with E-state index in [-0.39, 0.29) is 11.5 Å². The van der Waals surface area contributed by atoms with Crippen LogP contribution < -0.4 is 5.32 Å². The maximum Gasteiger partial charge on any atom is 0.229 e. The molecule has 1 heterocycles. The highest BCUT2D eigenvalue weighted by molar-refractivity contribution is 5.54. The molecule has 1 aliphatic rings.